The van der Waals surface area contributed by atoms with Crippen LogP contribution in [0.15, 0.2) is 29.4 Å². The van der Waals surface area contributed by atoms with Crippen LogP contribution in [-0.2, 0) is 9.59 Å². The number of allylic oxidation sites excluding steroid dienone is 2. The number of methoxy groups -OCH3 is 2. The van der Waals surface area contributed by atoms with Crippen LogP contribution in [0.1, 0.15) is 18.4 Å². The Morgan fingerprint density at radius 3 is 2.17 bits per heavy atom. The van der Waals surface area contributed by atoms with E-state index in [1.54, 1.807) is 0 Å². The average Bonchev–Trinajstić information content (AvgIpc) is 3.32. The zero-order valence-corrected chi connectivity index (χ0v) is 15.9. The normalized spacial score (nSPS) is 30.5. The van der Waals surface area contributed by atoms with E-state index in [-0.39, 0.29) is 63.7 Å². The van der Waals surface area contributed by atoms with Gasteiger partial charge in [-0.1, -0.05) is 12.2 Å². The van der Waals surface area contributed by atoms with E-state index < -0.39 is 4.92 Å². The molecule has 3 fully saturated rings. The number of hydrazone groups is 1. The van der Waals surface area contributed by atoms with E-state index in [2.05, 4.69) is 17.3 Å². The maximum Gasteiger partial charge on any atom is 0.311 e. The molecule has 1 aromatic carbocycles. The second-order valence-electron chi connectivity index (χ2n) is 7.98. The van der Waals surface area contributed by atoms with Gasteiger partial charge in [0.15, 0.2) is 0 Å². The highest BCUT2D eigenvalue weighted by Gasteiger charge is 2.73. The Balaban J connectivity index is 1.46. The number of carbonyl (C=O) groups excluding carboxylic acids is 2. The van der Waals surface area contributed by atoms with Gasteiger partial charge in [0.2, 0.25) is 5.75 Å². The average molecular weight is 397 g/mol. The third-order valence-electron chi connectivity index (χ3n) is 6.87. The van der Waals surface area contributed by atoms with E-state index >= 15 is 0 Å². The topological polar surface area (TPSA) is 111 Å². The highest BCUT2D eigenvalue weighted by atomic mass is 16.6. The van der Waals surface area contributed by atoms with Gasteiger partial charge in [-0.15, -0.1) is 0 Å². The molecule has 29 heavy (non-hydrogen) atoms. The van der Waals surface area contributed by atoms with Crippen molar-refractivity contribution >= 4 is 23.7 Å². The first-order chi connectivity index (χ1) is 13.9. The van der Waals surface area contributed by atoms with Crippen LogP contribution in [-0.4, -0.2) is 42.2 Å². The fourth-order valence-corrected chi connectivity index (χ4v) is 5.45. The smallest absolute Gasteiger partial charge is 0.311 e. The minimum absolute atomic E-state index is 0.0456. The first-order valence-corrected chi connectivity index (χ1v) is 9.43. The Kier molecular flexibility index (Phi) is 3.62. The number of nitro groups is 1. The molecule has 150 valence electrons. The number of hydrogen-bond donors (Lipinski definition) is 0. The van der Waals surface area contributed by atoms with Crippen LogP contribution in [0.4, 0.5) is 5.69 Å². The SMILES string of the molecule is COc1cc(OC)c([N+](=O)[O-])cc1/C=N\N1C(=O)[C@@H]2[C@H](C1=O)[C@H]1C=C[C@H]2C12CC2. The van der Waals surface area contributed by atoms with E-state index in [1.165, 1.54) is 32.6 Å². The molecule has 0 aromatic heterocycles. The van der Waals surface area contributed by atoms with Gasteiger partial charge in [0.1, 0.15) is 5.75 Å². The number of amides is 2. The lowest BCUT2D eigenvalue weighted by Gasteiger charge is -2.18. The van der Waals surface area contributed by atoms with Crippen LogP contribution in [0.3, 0.4) is 0 Å². The van der Waals surface area contributed by atoms with Crippen LogP contribution in [0, 0.1) is 39.2 Å². The van der Waals surface area contributed by atoms with E-state index in [0.29, 0.717) is 0 Å². The molecule has 1 aromatic rings. The van der Waals surface area contributed by atoms with Gasteiger partial charge in [-0.3, -0.25) is 19.7 Å². The molecule has 9 heteroatoms. The number of carbonyl (C=O) groups is 2. The molecule has 2 bridgehead atoms. The predicted molar refractivity (Wildman–Crippen MR) is 100 cm³/mol. The van der Waals surface area contributed by atoms with Crippen molar-refractivity contribution in [1.82, 2.24) is 5.01 Å². The third kappa shape index (κ3) is 2.24. The lowest BCUT2D eigenvalue weighted by Crippen LogP contribution is -2.30. The highest BCUT2D eigenvalue weighted by molar-refractivity contribution is 6.07. The van der Waals surface area contributed by atoms with Gasteiger partial charge >= 0.3 is 5.69 Å². The molecule has 1 aliphatic heterocycles. The zero-order chi connectivity index (χ0) is 20.5. The summed E-state index contributed by atoms with van der Waals surface area (Å²) in [7, 11) is 2.73. The minimum Gasteiger partial charge on any atom is -0.496 e. The number of nitro benzene ring substituents is 1. The van der Waals surface area contributed by atoms with Crippen molar-refractivity contribution in [2.45, 2.75) is 12.8 Å². The lowest BCUT2D eigenvalue weighted by atomic mass is 9.85. The van der Waals surface area contributed by atoms with Crippen LogP contribution in [0.25, 0.3) is 0 Å². The van der Waals surface area contributed by atoms with Crippen molar-refractivity contribution in [2.24, 2.45) is 34.2 Å². The molecule has 2 saturated carbocycles. The van der Waals surface area contributed by atoms with Gasteiger partial charge in [-0.05, 0) is 30.1 Å². The van der Waals surface area contributed by atoms with Gasteiger partial charge in [0, 0.05) is 17.7 Å². The largest absolute Gasteiger partial charge is 0.496 e. The van der Waals surface area contributed by atoms with Gasteiger partial charge in [0.05, 0.1) is 37.2 Å². The Morgan fingerprint density at radius 1 is 1.10 bits per heavy atom. The first-order valence-electron chi connectivity index (χ1n) is 9.43. The van der Waals surface area contributed by atoms with Gasteiger partial charge in [-0.2, -0.15) is 10.1 Å². The number of nitrogens with zero attached hydrogens (tertiary/aromatic N) is 3. The van der Waals surface area contributed by atoms with Crippen LogP contribution in [0.5, 0.6) is 11.5 Å². The number of ether oxygens (including phenoxy) is 2. The summed E-state index contributed by atoms with van der Waals surface area (Å²) >= 11 is 0. The zero-order valence-electron chi connectivity index (χ0n) is 15.9. The number of hydrogen-bond acceptors (Lipinski definition) is 7. The summed E-state index contributed by atoms with van der Waals surface area (Å²) in [5.41, 5.74) is 0.136. The second kappa shape index (κ2) is 5.88. The minimum atomic E-state index is -0.579. The Bertz CT molecular complexity index is 978. The molecule has 4 atom stereocenters. The van der Waals surface area contributed by atoms with Crippen molar-refractivity contribution < 1.29 is 24.0 Å². The van der Waals surface area contributed by atoms with E-state index in [0.717, 1.165) is 17.9 Å². The van der Waals surface area contributed by atoms with Crippen LogP contribution < -0.4 is 9.47 Å². The van der Waals surface area contributed by atoms with Crippen molar-refractivity contribution in [3.05, 3.63) is 40.0 Å². The summed E-state index contributed by atoms with van der Waals surface area (Å²) in [6.07, 6.45) is 7.57. The van der Waals surface area contributed by atoms with Gasteiger partial charge in [-0.25, -0.2) is 0 Å². The summed E-state index contributed by atoms with van der Waals surface area (Å²) in [5, 5.41) is 16.3. The molecule has 0 radical (unpaired) electrons. The molecular weight excluding hydrogens is 378 g/mol. The summed E-state index contributed by atoms with van der Waals surface area (Å²) in [4.78, 5) is 36.6. The van der Waals surface area contributed by atoms with E-state index in [9.17, 15) is 19.7 Å². The molecule has 1 spiro atoms. The molecule has 0 N–H and O–H groups in total. The van der Waals surface area contributed by atoms with E-state index in [1.807, 2.05) is 0 Å². The Morgan fingerprint density at radius 2 is 1.69 bits per heavy atom. The Labute approximate surface area is 166 Å². The van der Waals surface area contributed by atoms with Gasteiger partial charge in [0.25, 0.3) is 11.8 Å². The quantitative estimate of drug-likeness (QED) is 0.247. The summed E-state index contributed by atoms with van der Waals surface area (Å²) in [6, 6.07) is 2.63. The molecule has 9 nitrogen and oxygen atoms in total. The second-order valence-corrected chi connectivity index (χ2v) is 7.98. The first kappa shape index (κ1) is 17.8. The highest BCUT2D eigenvalue weighted by Crippen LogP contribution is 2.73. The van der Waals surface area contributed by atoms with Crippen molar-refractivity contribution in [2.75, 3.05) is 14.2 Å². The summed E-state index contributed by atoms with van der Waals surface area (Å²) in [6.45, 7) is 0. The fraction of sp³-hybridized carbons (Fsp3) is 0.450. The number of rotatable bonds is 5. The monoisotopic (exact) mass is 397 g/mol. The maximum atomic E-state index is 13.0. The Hall–Kier alpha value is -3.23. The molecule has 1 saturated heterocycles. The summed E-state index contributed by atoms with van der Waals surface area (Å²) < 4.78 is 10.3. The third-order valence-corrected chi connectivity index (χ3v) is 6.87. The molecule has 5 rings (SSSR count). The summed E-state index contributed by atoms with van der Waals surface area (Å²) in [5.74, 6) is -0.703. The van der Waals surface area contributed by atoms with Crippen LogP contribution in [0.2, 0.25) is 0 Å². The molecule has 0 unspecified atom stereocenters. The molecular formula is C20H19N3O6. The lowest BCUT2D eigenvalue weighted by molar-refractivity contribution is -0.385. The fourth-order valence-electron chi connectivity index (χ4n) is 5.45. The van der Waals surface area contributed by atoms with Crippen molar-refractivity contribution in [3.8, 4) is 11.5 Å². The maximum absolute atomic E-state index is 13.0. The van der Waals surface area contributed by atoms with Crippen molar-refractivity contribution in [3.63, 3.8) is 0 Å². The predicted octanol–water partition coefficient (Wildman–Crippen LogP) is 2.14. The molecule has 2 amide bonds. The number of fused-ring (bicyclic) bond motifs is 3. The standard InChI is InChI=1S/C20H19N3O6/c1-28-14-8-15(29-2)13(23(26)27)7-10(14)9-21-22-18(24)16-11-3-4-12(17(16)19(22)25)20(11)5-6-20/h3-4,7-9,11-12,16-17H,5-6H2,1-2H3/b21-9-/t11-,12-,16-,17+/m1/s1. The number of imide groups is 1. The molecule has 3 aliphatic carbocycles. The van der Waals surface area contributed by atoms with Crippen molar-refractivity contribution in [1.29, 1.82) is 0 Å². The van der Waals surface area contributed by atoms with Gasteiger partial charge < -0.3 is 9.47 Å². The van der Waals surface area contributed by atoms with Crippen LogP contribution >= 0.6 is 0 Å². The molecule has 1 heterocycles. The molecule has 4 aliphatic rings. The van der Waals surface area contributed by atoms with E-state index in [4.69, 9.17) is 9.47 Å². The number of benzene rings is 1.